The number of allylic oxidation sites excluding steroid dienone is 4. The summed E-state index contributed by atoms with van der Waals surface area (Å²) in [5.74, 6) is 0.957. The van der Waals surface area contributed by atoms with Gasteiger partial charge in [-0.15, -0.1) is 0 Å². The molecule has 2 aromatic rings. The molecule has 0 aromatic heterocycles. The summed E-state index contributed by atoms with van der Waals surface area (Å²) >= 11 is 0. The van der Waals surface area contributed by atoms with Crippen LogP contribution in [0.3, 0.4) is 0 Å². The minimum atomic E-state index is 0.461. The van der Waals surface area contributed by atoms with Gasteiger partial charge >= 0.3 is 0 Å². The predicted molar refractivity (Wildman–Crippen MR) is 91.4 cm³/mol. The number of aryl methyl sites for hydroxylation is 2. The zero-order chi connectivity index (χ0) is 14.8. The first-order chi connectivity index (χ1) is 10.8. The van der Waals surface area contributed by atoms with E-state index in [-0.39, 0.29) is 0 Å². The zero-order valence-corrected chi connectivity index (χ0v) is 13.2. The molecule has 0 nitrogen and oxygen atoms in total. The second-order valence-electron chi connectivity index (χ2n) is 6.94. The van der Waals surface area contributed by atoms with Crippen molar-refractivity contribution in [3.05, 3.63) is 93.1 Å². The molecule has 4 aliphatic rings. The molecule has 0 amide bonds. The molecule has 0 heterocycles. The highest BCUT2D eigenvalue weighted by molar-refractivity contribution is 5.70. The van der Waals surface area contributed by atoms with Gasteiger partial charge in [0.2, 0.25) is 0 Å². The Bertz CT molecular complexity index is 864. The van der Waals surface area contributed by atoms with E-state index in [1.165, 1.54) is 24.0 Å². The average molecular weight is 284 g/mol. The van der Waals surface area contributed by atoms with E-state index in [9.17, 15) is 0 Å². The van der Waals surface area contributed by atoms with Gasteiger partial charge in [0.15, 0.2) is 0 Å². The van der Waals surface area contributed by atoms with Crippen LogP contribution < -0.4 is 0 Å². The summed E-state index contributed by atoms with van der Waals surface area (Å²) in [6.45, 7) is 4.58. The molecule has 0 fully saturated rings. The molecular weight excluding hydrogens is 264 g/mol. The Labute approximate surface area is 132 Å². The second-order valence-corrected chi connectivity index (χ2v) is 6.94. The minimum Gasteiger partial charge on any atom is -0.0839 e. The van der Waals surface area contributed by atoms with E-state index in [2.05, 4.69) is 62.4 Å². The average Bonchev–Trinajstić information content (AvgIpc) is 2.58. The number of rotatable bonds is 0. The predicted octanol–water partition coefficient (Wildman–Crippen LogP) is 5.54. The SMILES string of the molecule is Cc1ccc(C)c2c1C1C3=C(CCC=C3)C2c2ccccc21. The fourth-order valence-electron chi connectivity index (χ4n) is 4.95. The van der Waals surface area contributed by atoms with Gasteiger partial charge in [-0.3, -0.25) is 0 Å². The normalized spacial score (nSPS) is 24.1. The number of hydrogen-bond acceptors (Lipinski definition) is 0. The van der Waals surface area contributed by atoms with Gasteiger partial charge in [-0.2, -0.15) is 0 Å². The molecular formula is C22H20. The van der Waals surface area contributed by atoms with Crippen LogP contribution in [0.15, 0.2) is 59.7 Å². The molecule has 0 saturated heterocycles. The van der Waals surface area contributed by atoms with Crippen LogP contribution in [0.4, 0.5) is 0 Å². The van der Waals surface area contributed by atoms with Gasteiger partial charge in [0.05, 0.1) is 0 Å². The minimum absolute atomic E-state index is 0.461. The molecule has 0 saturated carbocycles. The highest BCUT2D eigenvalue weighted by Crippen LogP contribution is 2.58. The lowest BCUT2D eigenvalue weighted by atomic mass is 9.58. The van der Waals surface area contributed by atoms with Crippen LogP contribution in [0.2, 0.25) is 0 Å². The Kier molecular flexibility index (Phi) is 2.39. The van der Waals surface area contributed by atoms with Crippen LogP contribution in [0.1, 0.15) is 58.1 Å². The van der Waals surface area contributed by atoms with Crippen LogP contribution in [0, 0.1) is 13.8 Å². The Morgan fingerprint density at radius 1 is 0.818 bits per heavy atom. The lowest BCUT2D eigenvalue weighted by Crippen LogP contribution is -2.30. The Hall–Kier alpha value is -2.08. The second kappa shape index (κ2) is 4.23. The lowest BCUT2D eigenvalue weighted by Gasteiger charge is -2.45. The third kappa shape index (κ3) is 1.38. The molecule has 22 heavy (non-hydrogen) atoms. The monoisotopic (exact) mass is 284 g/mol. The van der Waals surface area contributed by atoms with E-state index >= 15 is 0 Å². The fraction of sp³-hybridized carbons (Fsp3) is 0.273. The Morgan fingerprint density at radius 2 is 1.45 bits per heavy atom. The van der Waals surface area contributed by atoms with Crippen molar-refractivity contribution in [2.45, 2.75) is 38.5 Å². The summed E-state index contributed by atoms with van der Waals surface area (Å²) in [5.41, 5.74) is 12.5. The summed E-state index contributed by atoms with van der Waals surface area (Å²) in [6.07, 6.45) is 7.21. The van der Waals surface area contributed by atoms with E-state index in [4.69, 9.17) is 0 Å². The molecule has 2 bridgehead atoms. The first-order valence-corrected chi connectivity index (χ1v) is 8.35. The van der Waals surface area contributed by atoms with Gasteiger partial charge in [0, 0.05) is 11.8 Å². The lowest BCUT2D eigenvalue weighted by molar-refractivity contribution is 0.685. The first-order valence-electron chi connectivity index (χ1n) is 8.35. The molecule has 2 atom stereocenters. The largest absolute Gasteiger partial charge is 0.0839 e. The van der Waals surface area contributed by atoms with Crippen molar-refractivity contribution in [1.29, 1.82) is 0 Å². The highest BCUT2D eigenvalue weighted by Gasteiger charge is 2.43. The van der Waals surface area contributed by atoms with Crippen molar-refractivity contribution < 1.29 is 0 Å². The number of hydrogen-bond donors (Lipinski definition) is 0. The van der Waals surface area contributed by atoms with Gasteiger partial charge in [-0.25, -0.2) is 0 Å². The quantitative estimate of drug-likeness (QED) is 0.595. The molecule has 108 valence electrons. The molecule has 4 aliphatic carbocycles. The van der Waals surface area contributed by atoms with E-state index in [1.807, 2.05) is 0 Å². The third-order valence-corrected chi connectivity index (χ3v) is 5.83. The van der Waals surface area contributed by atoms with Crippen molar-refractivity contribution in [2.24, 2.45) is 0 Å². The van der Waals surface area contributed by atoms with Crippen LogP contribution in [0.25, 0.3) is 0 Å². The first kappa shape index (κ1) is 12.5. The molecule has 2 aromatic carbocycles. The molecule has 6 rings (SSSR count). The van der Waals surface area contributed by atoms with Gasteiger partial charge in [-0.05, 0) is 65.6 Å². The summed E-state index contributed by atoms with van der Waals surface area (Å²) in [5, 5.41) is 0. The molecule has 0 N–H and O–H groups in total. The summed E-state index contributed by atoms with van der Waals surface area (Å²) in [6, 6.07) is 13.8. The molecule has 0 radical (unpaired) electrons. The van der Waals surface area contributed by atoms with Crippen molar-refractivity contribution in [3.8, 4) is 0 Å². The Balaban J connectivity index is 1.92. The van der Waals surface area contributed by atoms with Crippen LogP contribution in [-0.2, 0) is 0 Å². The van der Waals surface area contributed by atoms with E-state index in [1.54, 1.807) is 33.4 Å². The van der Waals surface area contributed by atoms with E-state index in [0.29, 0.717) is 11.8 Å². The fourth-order valence-corrected chi connectivity index (χ4v) is 4.95. The molecule has 2 unspecified atom stereocenters. The van der Waals surface area contributed by atoms with Crippen LogP contribution >= 0.6 is 0 Å². The highest BCUT2D eigenvalue weighted by atomic mass is 14.5. The van der Waals surface area contributed by atoms with E-state index in [0.717, 1.165) is 0 Å². The van der Waals surface area contributed by atoms with Crippen LogP contribution in [0.5, 0.6) is 0 Å². The van der Waals surface area contributed by atoms with Crippen molar-refractivity contribution >= 4 is 0 Å². The molecule has 0 spiro atoms. The zero-order valence-electron chi connectivity index (χ0n) is 13.2. The van der Waals surface area contributed by atoms with Gasteiger partial charge < -0.3 is 0 Å². The smallest absolute Gasteiger partial charge is 0.0348 e. The standard InChI is InChI=1S/C22H20/c1-13-11-12-14(2)20-19(13)21-15-7-3-5-9-17(15)22(20)18-10-6-4-8-16(18)21/h3-5,7-9,11-12,21-22H,6,10H2,1-2H3. The maximum atomic E-state index is 2.41. The summed E-state index contributed by atoms with van der Waals surface area (Å²) in [4.78, 5) is 0. The summed E-state index contributed by atoms with van der Waals surface area (Å²) in [7, 11) is 0. The molecule has 0 heteroatoms. The van der Waals surface area contributed by atoms with Gasteiger partial charge in [-0.1, -0.05) is 54.1 Å². The van der Waals surface area contributed by atoms with E-state index < -0.39 is 0 Å². The number of benzene rings is 2. The summed E-state index contributed by atoms with van der Waals surface area (Å²) < 4.78 is 0. The maximum Gasteiger partial charge on any atom is 0.0348 e. The van der Waals surface area contributed by atoms with Crippen molar-refractivity contribution in [1.82, 2.24) is 0 Å². The topological polar surface area (TPSA) is 0 Å². The maximum absolute atomic E-state index is 2.41. The third-order valence-electron chi connectivity index (χ3n) is 5.83. The van der Waals surface area contributed by atoms with Gasteiger partial charge in [0.1, 0.15) is 0 Å². The Morgan fingerprint density at radius 3 is 2.18 bits per heavy atom. The van der Waals surface area contributed by atoms with Crippen molar-refractivity contribution in [3.63, 3.8) is 0 Å². The van der Waals surface area contributed by atoms with Gasteiger partial charge in [0.25, 0.3) is 0 Å². The van der Waals surface area contributed by atoms with Crippen LogP contribution in [-0.4, -0.2) is 0 Å². The van der Waals surface area contributed by atoms with Crippen molar-refractivity contribution in [2.75, 3.05) is 0 Å². The molecule has 0 aliphatic heterocycles.